The second-order valence-electron chi connectivity index (χ2n) is 3.59. The van der Waals surface area contributed by atoms with Gasteiger partial charge >= 0.3 is 0 Å². The highest BCUT2D eigenvalue weighted by atomic mass is 32.1. The van der Waals surface area contributed by atoms with Gasteiger partial charge in [0.1, 0.15) is 5.82 Å². The molecule has 0 aliphatic rings. The second-order valence-corrected chi connectivity index (χ2v) is 3.83. The zero-order valence-corrected chi connectivity index (χ0v) is 11.7. The van der Waals surface area contributed by atoms with Crippen LogP contribution in [0, 0.1) is 5.82 Å². The molecule has 1 aromatic carbocycles. The van der Waals surface area contributed by atoms with E-state index >= 15 is 0 Å². The van der Waals surface area contributed by atoms with Gasteiger partial charge in [0.2, 0.25) is 0 Å². The minimum Gasteiger partial charge on any atom is -0.395 e. The third-order valence-electron chi connectivity index (χ3n) is 2.26. The van der Waals surface area contributed by atoms with Crippen LogP contribution >= 0.6 is 12.2 Å². The Hall–Kier alpha value is -1.04. The van der Waals surface area contributed by atoms with Gasteiger partial charge in [-0.2, -0.15) is 0 Å². The van der Waals surface area contributed by atoms with Crippen molar-refractivity contribution in [1.82, 2.24) is 10.6 Å². The first-order valence-corrected chi connectivity index (χ1v) is 6.36. The lowest BCUT2D eigenvalue weighted by atomic mass is 10.1. The molecule has 0 radical (unpaired) electrons. The van der Waals surface area contributed by atoms with Gasteiger partial charge in [-0.25, -0.2) is 4.39 Å². The number of nitrogens with one attached hydrogen (secondary N) is 2. The fourth-order valence-electron chi connectivity index (χ4n) is 1.41. The average Bonchev–Trinajstić information content (AvgIpc) is 2.39. The zero-order chi connectivity index (χ0) is 13.8. The molecule has 0 unspecified atom stereocenters. The van der Waals surface area contributed by atoms with Gasteiger partial charge in [-0.1, -0.05) is 25.2 Å². The number of aliphatic hydroxyl groups excluding tert-OH is 1. The summed E-state index contributed by atoms with van der Waals surface area (Å²) in [5, 5.41) is 13.8. The minimum atomic E-state index is -0.147. The van der Waals surface area contributed by atoms with E-state index in [4.69, 9.17) is 5.11 Å². The van der Waals surface area contributed by atoms with Crippen LogP contribution in [0.2, 0.25) is 0 Å². The van der Waals surface area contributed by atoms with Gasteiger partial charge in [-0.05, 0) is 36.7 Å². The van der Waals surface area contributed by atoms with Crippen molar-refractivity contribution < 1.29 is 9.50 Å². The number of aryl methyl sites for hydroxylation is 1. The highest BCUT2D eigenvalue weighted by Crippen LogP contribution is 2.11. The monoisotopic (exact) mass is 272 g/mol. The third-order valence-corrected chi connectivity index (χ3v) is 2.42. The molecule has 18 heavy (non-hydrogen) atoms. The molecule has 0 aliphatic carbocycles. The molecule has 0 saturated carbocycles. The SMILES string of the molecule is CCc1cc(F)ccc1CNC.OCCNC=S. The molecule has 0 amide bonds. The molecule has 0 atom stereocenters. The van der Waals surface area contributed by atoms with Gasteiger partial charge < -0.3 is 15.7 Å². The van der Waals surface area contributed by atoms with Crippen LogP contribution in [-0.4, -0.2) is 30.8 Å². The van der Waals surface area contributed by atoms with E-state index in [0.29, 0.717) is 6.54 Å². The standard InChI is InChI=1S/C10H14FN.C3H7NOS/c1-3-8-6-10(11)5-4-9(8)7-12-2;5-2-1-4-3-6/h4-6,12H,3,7H2,1-2H3;3,5H,1-2H2,(H,4,6). The Balaban J connectivity index is 0.000000411. The molecule has 0 saturated heterocycles. The first-order chi connectivity index (χ1) is 8.69. The molecule has 0 spiro atoms. The number of rotatable bonds is 6. The van der Waals surface area contributed by atoms with Crippen LogP contribution in [0.15, 0.2) is 18.2 Å². The van der Waals surface area contributed by atoms with E-state index in [-0.39, 0.29) is 12.4 Å². The summed E-state index contributed by atoms with van der Waals surface area (Å²) in [5.74, 6) is -0.147. The predicted molar refractivity (Wildman–Crippen MR) is 77.3 cm³/mol. The van der Waals surface area contributed by atoms with Crippen LogP contribution in [0.1, 0.15) is 18.1 Å². The zero-order valence-electron chi connectivity index (χ0n) is 10.9. The Morgan fingerprint density at radius 1 is 1.39 bits per heavy atom. The van der Waals surface area contributed by atoms with E-state index in [0.717, 1.165) is 18.5 Å². The van der Waals surface area contributed by atoms with Gasteiger partial charge in [-0.15, -0.1) is 0 Å². The summed E-state index contributed by atoms with van der Waals surface area (Å²) in [6.07, 6.45) is 0.884. The predicted octanol–water partition coefficient (Wildman–Crippen LogP) is 1.63. The van der Waals surface area contributed by atoms with E-state index in [2.05, 4.69) is 22.9 Å². The normalized spacial score (nSPS) is 9.33. The van der Waals surface area contributed by atoms with Gasteiger partial charge in [0, 0.05) is 13.1 Å². The van der Waals surface area contributed by atoms with Gasteiger partial charge in [0.25, 0.3) is 0 Å². The summed E-state index contributed by atoms with van der Waals surface area (Å²) in [4.78, 5) is 0. The fourth-order valence-corrected chi connectivity index (χ4v) is 1.53. The van der Waals surface area contributed by atoms with Crippen molar-refractivity contribution in [2.45, 2.75) is 19.9 Å². The van der Waals surface area contributed by atoms with Crippen molar-refractivity contribution >= 4 is 17.7 Å². The summed E-state index contributed by atoms with van der Waals surface area (Å²) in [6, 6.07) is 4.95. The maximum atomic E-state index is 12.8. The highest BCUT2D eigenvalue weighted by molar-refractivity contribution is 7.78. The van der Waals surface area contributed by atoms with Crippen LogP contribution in [0.3, 0.4) is 0 Å². The molecule has 3 nitrogen and oxygen atoms in total. The van der Waals surface area contributed by atoms with Crippen molar-refractivity contribution in [1.29, 1.82) is 0 Å². The minimum absolute atomic E-state index is 0.146. The number of hydrogen-bond donors (Lipinski definition) is 3. The Kier molecular flexibility index (Phi) is 10.4. The number of aliphatic hydroxyl groups is 1. The van der Waals surface area contributed by atoms with Crippen LogP contribution in [0.5, 0.6) is 0 Å². The molecule has 102 valence electrons. The van der Waals surface area contributed by atoms with E-state index in [1.807, 2.05) is 20.0 Å². The van der Waals surface area contributed by atoms with Crippen LogP contribution in [-0.2, 0) is 13.0 Å². The van der Waals surface area contributed by atoms with Gasteiger partial charge in [0.05, 0.1) is 12.1 Å². The van der Waals surface area contributed by atoms with Crippen molar-refractivity contribution in [2.75, 3.05) is 20.2 Å². The van der Waals surface area contributed by atoms with Crippen molar-refractivity contribution in [3.05, 3.63) is 35.1 Å². The van der Waals surface area contributed by atoms with Gasteiger partial charge in [-0.3, -0.25) is 0 Å². The quantitative estimate of drug-likeness (QED) is 0.544. The molecule has 5 heteroatoms. The molecule has 1 aromatic rings. The largest absolute Gasteiger partial charge is 0.395 e. The topological polar surface area (TPSA) is 44.3 Å². The van der Waals surface area contributed by atoms with E-state index in [1.165, 1.54) is 17.1 Å². The van der Waals surface area contributed by atoms with E-state index in [9.17, 15) is 4.39 Å². The molecule has 0 heterocycles. The first kappa shape index (κ1) is 17.0. The van der Waals surface area contributed by atoms with Crippen LogP contribution in [0.25, 0.3) is 0 Å². The highest BCUT2D eigenvalue weighted by Gasteiger charge is 2.00. The summed E-state index contributed by atoms with van der Waals surface area (Å²) in [5.41, 5.74) is 3.65. The Labute approximate surface area is 113 Å². The average molecular weight is 272 g/mol. The number of benzene rings is 1. The third kappa shape index (κ3) is 7.32. The molecule has 3 N–H and O–H groups in total. The lowest BCUT2D eigenvalue weighted by molar-refractivity contribution is 0.301. The van der Waals surface area contributed by atoms with Crippen LogP contribution < -0.4 is 10.6 Å². The molecule has 0 fully saturated rings. The van der Waals surface area contributed by atoms with Crippen molar-refractivity contribution in [2.24, 2.45) is 0 Å². The van der Waals surface area contributed by atoms with Gasteiger partial charge in [0.15, 0.2) is 0 Å². The Morgan fingerprint density at radius 2 is 2.11 bits per heavy atom. The maximum Gasteiger partial charge on any atom is 0.123 e. The molecular weight excluding hydrogens is 251 g/mol. The van der Waals surface area contributed by atoms with E-state index in [1.54, 1.807) is 6.07 Å². The van der Waals surface area contributed by atoms with Crippen molar-refractivity contribution in [3.8, 4) is 0 Å². The molecule has 0 aromatic heterocycles. The smallest absolute Gasteiger partial charge is 0.123 e. The van der Waals surface area contributed by atoms with Crippen LogP contribution in [0.4, 0.5) is 4.39 Å². The summed E-state index contributed by atoms with van der Waals surface area (Å²) >= 11 is 4.37. The molecular formula is C13H21FN2OS. The molecule has 1 rings (SSSR count). The number of thiocarbonyl (C=S) groups is 1. The number of halogens is 1. The molecule has 0 bridgehead atoms. The van der Waals surface area contributed by atoms with Crippen molar-refractivity contribution in [3.63, 3.8) is 0 Å². The molecule has 0 aliphatic heterocycles. The second kappa shape index (κ2) is 11.1. The lowest BCUT2D eigenvalue weighted by Gasteiger charge is -2.06. The first-order valence-electron chi connectivity index (χ1n) is 5.89. The maximum absolute atomic E-state index is 12.8. The summed E-state index contributed by atoms with van der Waals surface area (Å²) in [7, 11) is 1.89. The Bertz CT molecular complexity index is 348. The fraction of sp³-hybridized carbons (Fsp3) is 0.462. The summed E-state index contributed by atoms with van der Waals surface area (Å²) in [6.45, 7) is 3.55. The Morgan fingerprint density at radius 3 is 2.56 bits per heavy atom. The lowest BCUT2D eigenvalue weighted by Crippen LogP contribution is -2.13. The summed E-state index contributed by atoms with van der Waals surface area (Å²) < 4.78 is 12.8. The van der Waals surface area contributed by atoms with E-state index < -0.39 is 0 Å². The number of hydrogen-bond acceptors (Lipinski definition) is 3.